The van der Waals surface area contributed by atoms with Gasteiger partial charge in [0.15, 0.2) is 0 Å². The van der Waals surface area contributed by atoms with Crippen LogP contribution in [0, 0.1) is 0 Å². The Balaban J connectivity index is 2.13. The number of carbonyl (C=O) groups excluding carboxylic acids is 2. The molecule has 1 unspecified atom stereocenters. The third-order valence-electron chi connectivity index (χ3n) is 2.71. The topological polar surface area (TPSA) is 37.4 Å². The van der Waals surface area contributed by atoms with E-state index in [4.69, 9.17) is 23.2 Å². The summed E-state index contributed by atoms with van der Waals surface area (Å²) >= 11 is 11.4. The van der Waals surface area contributed by atoms with E-state index < -0.39 is 0 Å². The molecule has 0 saturated heterocycles. The summed E-state index contributed by atoms with van der Waals surface area (Å²) in [6, 6.07) is 6.82. The molecular formula is C12H11Cl2NO2. The second kappa shape index (κ2) is 5.07. The Hall–Kier alpha value is -1.06. The smallest absolute Gasteiger partial charge is 0.261 e. The number of halogens is 2. The van der Waals surface area contributed by atoms with Gasteiger partial charge in [-0.2, -0.15) is 0 Å². The maximum atomic E-state index is 11.9. The quantitative estimate of drug-likeness (QED) is 0.624. The van der Waals surface area contributed by atoms with Crippen molar-refractivity contribution in [3.63, 3.8) is 0 Å². The fourth-order valence-corrected chi connectivity index (χ4v) is 2.04. The van der Waals surface area contributed by atoms with E-state index in [0.29, 0.717) is 30.0 Å². The molecule has 1 atom stereocenters. The van der Waals surface area contributed by atoms with Crippen LogP contribution in [-0.4, -0.2) is 34.5 Å². The summed E-state index contributed by atoms with van der Waals surface area (Å²) < 4.78 is 0. The minimum Gasteiger partial charge on any atom is -0.274 e. The van der Waals surface area contributed by atoms with E-state index in [2.05, 4.69) is 0 Å². The normalized spacial score (nSPS) is 16.2. The lowest BCUT2D eigenvalue weighted by Gasteiger charge is -2.14. The lowest BCUT2D eigenvalue weighted by molar-refractivity contribution is 0.0653. The van der Waals surface area contributed by atoms with Gasteiger partial charge in [-0.15, -0.1) is 23.2 Å². The summed E-state index contributed by atoms with van der Waals surface area (Å²) in [7, 11) is 0. The van der Waals surface area contributed by atoms with Gasteiger partial charge in [-0.1, -0.05) is 12.1 Å². The Morgan fingerprint density at radius 2 is 1.65 bits per heavy atom. The van der Waals surface area contributed by atoms with E-state index in [1.165, 1.54) is 4.90 Å². The van der Waals surface area contributed by atoms with Crippen LogP contribution in [0.25, 0.3) is 0 Å². The number of benzene rings is 1. The van der Waals surface area contributed by atoms with Crippen LogP contribution in [-0.2, 0) is 0 Å². The summed E-state index contributed by atoms with van der Waals surface area (Å²) in [4.78, 5) is 25.1. The zero-order chi connectivity index (χ0) is 12.4. The average Bonchev–Trinajstić information content (AvgIpc) is 2.60. The molecule has 0 aromatic heterocycles. The van der Waals surface area contributed by atoms with Crippen LogP contribution in [0.2, 0.25) is 0 Å². The van der Waals surface area contributed by atoms with Gasteiger partial charge in [-0.25, -0.2) is 0 Å². The number of rotatable bonds is 4. The fourth-order valence-electron chi connectivity index (χ4n) is 1.79. The second-order valence-corrected chi connectivity index (χ2v) is 4.77. The molecule has 2 amide bonds. The molecule has 3 nitrogen and oxygen atoms in total. The van der Waals surface area contributed by atoms with Crippen molar-refractivity contribution in [1.82, 2.24) is 4.90 Å². The Morgan fingerprint density at radius 1 is 1.12 bits per heavy atom. The maximum Gasteiger partial charge on any atom is 0.261 e. The highest BCUT2D eigenvalue weighted by Gasteiger charge is 2.34. The highest BCUT2D eigenvalue weighted by atomic mass is 35.5. The lowest BCUT2D eigenvalue weighted by atomic mass is 10.1. The van der Waals surface area contributed by atoms with Crippen LogP contribution < -0.4 is 0 Å². The molecule has 17 heavy (non-hydrogen) atoms. The zero-order valence-corrected chi connectivity index (χ0v) is 10.5. The Morgan fingerprint density at radius 3 is 2.12 bits per heavy atom. The van der Waals surface area contributed by atoms with Gasteiger partial charge in [0, 0.05) is 17.8 Å². The monoisotopic (exact) mass is 271 g/mol. The predicted octanol–water partition coefficient (Wildman–Crippen LogP) is 2.52. The number of carbonyl (C=O) groups is 2. The molecule has 2 rings (SSSR count). The van der Waals surface area contributed by atoms with Crippen molar-refractivity contribution in [1.29, 1.82) is 0 Å². The molecule has 0 fully saturated rings. The molecule has 5 heteroatoms. The minimum absolute atomic E-state index is 0.221. The SMILES string of the molecule is O=C1c2ccccc2C(=O)N1CCC(Cl)CCl. The molecule has 0 radical (unpaired) electrons. The van der Waals surface area contributed by atoms with Crippen molar-refractivity contribution in [3.8, 4) is 0 Å². The van der Waals surface area contributed by atoms with Crippen LogP contribution in [0.1, 0.15) is 27.1 Å². The van der Waals surface area contributed by atoms with E-state index in [-0.39, 0.29) is 17.2 Å². The Labute approximate surface area is 109 Å². The summed E-state index contributed by atoms with van der Waals surface area (Å²) in [6.07, 6.45) is 0.510. The number of hydrogen-bond acceptors (Lipinski definition) is 2. The van der Waals surface area contributed by atoms with Crippen LogP contribution in [0.3, 0.4) is 0 Å². The Kier molecular flexibility index (Phi) is 3.69. The third-order valence-corrected chi connectivity index (χ3v) is 3.61. The molecule has 0 bridgehead atoms. The first-order valence-corrected chi connectivity index (χ1v) is 6.27. The van der Waals surface area contributed by atoms with E-state index in [9.17, 15) is 9.59 Å². The summed E-state index contributed by atoms with van der Waals surface area (Å²) in [5, 5.41) is -0.221. The summed E-state index contributed by atoms with van der Waals surface area (Å²) in [5.74, 6) is -0.182. The first kappa shape index (κ1) is 12.4. The van der Waals surface area contributed by atoms with E-state index in [0.717, 1.165) is 0 Å². The van der Waals surface area contributed by atoms with Crippen LogP contribution in [0.4, 0.5) is 0 Å². The molecule has 0 spiro atoms. The van der Waals surface area contributed by atoms with Crippen LogP contribution >= 0.6 is 23.2 Å². The van der Waals surface area contributed by atoms with Crippen molar-refractivity contribution >= 4 is 35.0 Å². The van der Waals surface area contributed by atoms with Gasteiger partial charge in [0.1, 0.15) is 0 Å². The fraction of sp³-hybridized carbons (Fsp3) is 0.333. The average molecular weight is 272 g/mol. The summed E-state index contributed by atoms with van der Waals surface area (Å²) in [5.41, 5.74) is 0.934. The highest BCUT2D eigenvalue weighted by Crippen LogP contribution is 2.23. The van der Waals surface area contributed by atoms with Gasteiger partial charge in [0.2, 0.25) is 0 Å². The van der Waals surface area contributed by atoms with E-state index in [1.807, 2.05) is 0 Å². The number of imide groups is 1. The molecule has 1 heterocycles. The molecule has 0 N–H and O–H groups in total. The number of fused-ring (bicyclic) bond motifs is 1. The van der Waals surface area contributed by atoms with Crippen molar-refractivity contribution in [2.24, 2.45) is 0 Å². The molecule has 1 aliphatic rings. The largest absolute Gasteiger partial charge is 0.274 e. The van der Waals surface area contributed by atoms with Crippen molar-refractivity contribution in [2.45, 2.75) is 11.8 Å². The van der Waals surface area contributed by atoms with Gasteiger partial charge in [0.05, 0.1) is 11.1 Å². The molecule has 1 aromatic rings. The molecular weight excluding hydrogens is 261 g/mol. The molecule has 0 aliphatic carbocycles. The molecule has 1 aromatic carbocycles. The summed E-state index contributed by atoms with van der Waals surface area (Å²) in [6.45, 7) is 0.313. The van der Waals surface area contributed by atoms with Crippen LogP contribution in [0.5, 0.6) is 0 Å². The lowest BCUT2D eigenvalue weighted by Crippen LogP contribution is -2.32. The van der Waals surface area contributed by atoms with Gasteiger partial charge >= 0.3 is 0 Å². The first-order chi connectivity index (χ1) is 8.15. The van der Waals surface area contributed by atoms with Crippen molar-refractivity contribution < 1.29 is 9.59 Å². The maximum absolute atomic E-state index is 11.9. The van der Waals surface area contributed by atoms with E-state index >= 15 is 0 Å². The number of hydrogen-bond donors (Lipinski definition) is 0. The minimum atomic E-state index is -0.246. The van der Waals surface area contributed by atoms with Gasteiger partial charge in [-0.05, 0) is 18.6 Å². The molecule has 90 valence electrons. The Bertz CT molecular complexity index is 427. The van der Waals surface area contributed by atoms with Crippen molar-refractivity contribution in [3.05, 3.63) is 35.4 Å². The number of amides is 2. The van der Waals surface area contributed by atoms with E-state index in [1.54, 1.807) is 24.3 Å². The first-order valence-electron chi connectivity index (χ1n) is 5.30. The highest BCUT2D eigenvalue weighted by molar-refractivity contribution is 6.28. The standard InChI is InChI=1S/C12H11Cl2NO2/c13-7-8(14)5-6-15-11(16)9-3-1-2-4-10(9)12(15)17/h1-4,8H,5-7H2. The number of nitrogens with zero attached hydrogens (tertiary/aromatic N) is 1. The second-order valence-electron chi connectivity index (χ2n) is 3.85. The van der Waals surface area contributed by atoms with Crippen LogP contribution in [0.15, 0.2) is 24.3 Å². The third kappa shape index (κ3) is 2.31. The van der Waals surface area contributed by atoms with Gasteiger partial charge in [0.25, 0.3) is 11.8 Å². The number of alkyl halides is 2. The van der Waals surface area contributed by atoms with Gasteiger partial charge in [-0.3, -0.25) is 14.5 Å². The van der Waals surface area contributed by atoms with Crippen molar-refractivity contribution in [2.75, 3.05) is 12.4 Å². The predicted molar refractivity (Wildman–Crippen MR) is 66.8 cm³/mol. The molecule has 0 saturated carbocycles. The van der Waals surface area contributed by atoms with Gasteiger partial charge < -0.3 is 0 Å². The molecule has 1 aliphatic heterocycles. The zero-order valence-electron chi connectivity index (χ0n) is 9.03.